The van der Waals surface area contributed by atoms with Crippen LogP contribution in [0.4, 0.5) is 5.69 Å². The normalized spacial score (nSPS) is 13.9. The molecule has 0 spiro atoms. The first-order valence-electron chi connectivity index (χ1n) is 8.66. The molecule has 0 N–H and O–H groups in total. The van der Waals surface area contributed by atoms with Crippen molar-refractivity contribution in [2.24, 2.45) is 0 Å². The van der Waals surface area contributed by atoms with Gasteiger partial charge in [0.1, 0.15) is 16.2 Å². The second kappa shape index (κ2) is 8.92. The van der Waals surface area contributed by atoms with Crippen molar-refractivity contribution in [3.8, 4) is 0 Å². The topological polar surface area (TPSA) is 76.3 Å². The molecule has 0 aliphatic carbocycles. The molecular formula is C20H25N3O3S. The molecule has 1 aliphatic heterocycles. The van der Waals surface area contributed by atoms with Gasteiger partial charge in [0.2, 0.25) is 6.67 Å². The molecule has 1 aliphatic rings. The van der Waals surface area contributed by atoms with Crippen molar-refractivity contribution in [2.45, 2.75) is 38.6 Å². The third kappa shape index (κ3) is 6.01. The Morgan fingerprint density at radius 2 is 1.81 bits per heavy atom. The lowest BCUT2D eigenvalue weighted by atomic mass is 10.2. The molecule has 1 aromatic carbocycles. The van der Waals surface area contributed by atoms with Gasteiger partial charge >= 0.3 is 0 Å². The highest BCUT2D eigenvalue weighted by Crippen LogP contribution is 2.18. The summed E-state index contributed by atoms with van der Waals surface area (Å²) in [6.07, 6.45) is 8.14. The van der Waals surface area contributed by atoms with Gasteiger partial charge in [0.15, 0.2) is 6.21 Å². The number of rotatable bonds is 3. The van der Waals surface area contributed by atoms with Gasteiger partial charge in [0.25, 0.3) is 0 Å². The van der Waals surface area contributed by atoms with Gasteiger partial charge in [-0.15, -0.1) is 0 Å². The first-order valence-corrected chi connectivity index (χ1v) is 10.1. The molecule has 0 unspecified atom stereocenters. The second-order valence-corrected chi connectivity index (χ2v) is 7.96. The molecular weight excluding hydrogens is 362 g/mol. The van der Waals surface area contributed by atoms with Crippen LogP contribution in [0, 0.1) is 13.8 Å². The molecule has 0 atom stereocenters. The minimum absolute atomic E-state index is 0.178. The summed E-state index contributed by atoms with van der Waals surface area (Å²) in [5.41, 5.74) is 3.17. The molecule has 0 amide bonds. The number of benzene rings is 1. The SMILES string of the molecule is Cc1ccc(S(=O)(=O)[O-])cc1.Cc1ncccc1N1C=CC=[N+](C(C)C)C1. The summed E-state index contributed by atoms with van der Waals surface area (Å²) < 4.78 is 33.5. The Bertz CT molecular complexity index is 933. The van der Waals surface area contributed by atoms with E-state index in [0.29, 0.717) is 6.04 Å². The van der Waals surface area contributed by atoms with Crippen molar-refractivity contribution < 1.29 is 17.5 Å². The van der Waals surface area contributed by atoms with Crippen LogP contribution < -0.4 is 4.90 Å². The fourth-order valence-electron chi connectivity index (χ4n) is 2.50. The lowest BCUT2D eigenvalue weighted by Gasteiger charge is -2.23. The predicted molar refractivity (Wildman–Crippen MR) is 106 cm³/mol. The number of aromatic nitrogens is 1. The Labute approximate surface area is 161 Å². The van der Waals surface area contributed by atoms with Gasteiger partial charge < -0.3 is 4.55 Å². The van der Waals surface area contributed by atoms with E-state index in [0.717, 1.165) is 17.9 Å². The third-order valence-corrected chi connectivity index (χ3v) is 4.97. The van der Waals surface area contributed by atoms with Crippen molar-refractivity contribution in [3.63, 3.8) is 0 Å². The fraction of sp³-hybridized carbons (Fsp3) is 0.300. The quantitative estimate of drug-likeness (QED) is 0.598. The van der Waals surface area contributed by atoms with E-state index in [2.05, 4.69) is 52.9 Å². The Hall–Kier alpha value is -2.51. The van der Waals surface area contributed by atoms with Crippen LogP contribution in [-0.2, 0) is 10.1 Å². The standard InChI is InChI=1S/C13H18N3.C7H8O3S/c1-11(2)15-8-5-9-16(10-15)13-6-4-7-14-12(13)3;1-6-2-4-7(5-3-6)11(8,9)10/h4-9,11H,10H2,1-3H3;2-5H,1H3,(H,8,9,10)/q+1;/p-1. The molecule has 7 heteroatoms. The summed E-state index contributed by atoms with van der Waals surface area (Å²) in [5.74, 6) is 0. The highest BCUT2D eigenvalue weighted by atomic mass is 32.2. The Morgan fingerprint density at radius 1 is 1.15 bits per heavy atom. The molecule has 144 valence electrons. The van der Waals surface area contributed by atoms with Gasteiger partial charge in [-0.3, -0.25) is 9.88 Å². The Kier molecular flexibility index (Phi) is 6.87. The molecule has 0 bridgehead atoms. The van der Waals surface area contributed by atoms with E-state index in [9.17, 15) is 13.0 Å². The van der Waals surface area contributed by atoms with Crippen molar-refractivity contribution >= 4 is 22.0 Å². The van der Waals surface area contributed by atoms with Crippen LogP contribution in [-0.4, -0.2) is 41.5 Å². The van der Waals surface area contributed by atoms with E-state index in [1.165, 1.54) is 17.8 Å². The van der Waals surface area contributed by atoms with E-state index < -0.39 is 10.1 Å². The third-order valence-electron chi connectivity index (χ3n) is 4.12. The average molecular weight is 388 g/mol. The largest absolute Gasteiger partial charge is 0.744 e. The van der Waals surface area contributed by atoms with Crippen molar-refractivity contribution in [2.75, 3.05) is 11.6 Å². The maximum atomic E-state index is 10.4. The highest BCUT2D eigenvalue weighted by molar-refractivity contribution is 7.85. The maximum Gasteiger partial charge on any atom is 0.222 e. The van der Waals surface area contributed by atoms with E-state index >= 15 is 0 Å². The summed E-state index contributed by atoms with van der Waals surface area (Å²) in [7, 11) is -4.27. The van der Waals surface area contributed by atoms with Gasteiger partial charge in [0.05, 0.1) is 16.3 Å². The molecule has 1 aromatic heterocycles. The summed E-state index contributed by atoms with van der Waals surface area (Å²) in [5, 5.41) is 0. The molecule has 2 heterocycles. The number of anilines is 1. The first-order chi connectivity index (χ1) is 12.7. The molecule has 0 saturated heterocycles. The highest BCUT2D eigenvalue weighted by Gasteiger charge is 2.18. The maximum absolute atomic E-state index is 10.4. The Morgan fingerprint density at radius 3 is 2.37 bits per heavy atom. The zero-order chi connectivity index (χ0) is 20.0. The van der Waals surface area contributed by atoms with E-state index in [1.807, 2.05) is 26.1 Å². The summed E-state index contributed by atoms with van der Waals surface area (Å²) in [6.45, 7) is 9.15. The van der Waals surface area contributed by atoms with Crippen LogP contribution in [0.2, 0.25) is 0 Å². The van der Waals surface area contributed by atoms with E-state index in [-0.39, 0.29) is 4.90 Å². The molecule has 0 saturated carbocycles. The van der Waals surface area contributed by atoms with Crippen LogP contribution in [0.25, 0.3) is 0 Å². The van der Waals surface area contributed by atoms with Crippen molar-refractivity contribution in [1.82, 2.24) is 4.98 Å². The molecule has 3 rings (SSSR count). The average Bonchev–Trinajstić information content (AvgIpc) is 2.62. The number of allylic oxidation sites excluding steroid dienone is 1. The van der Waals surface area contributed by atoms with Gasteiger partial charge in [-0.25, -0.2) is 13.0 Å². The molecule has 0 fully saturated rings. The summed E-state index contributed by atoms with van der Waals surface area (Å²) in [6, 6.07) is 10.4. The monoisotopic (exact) mass is 387 g/mol. The lowest BCUT2D eigenvalue weighted by molar-refractivity contribution is -0.553. The smallest absolute Gasteiger partial charge is 0.222 e. The van der Waals surface area contributed by atoms with Gasteiger partial charge in [-0.05, 0) is 52.0 Å². The fourth-order valence-corrected chi connectivity index (χ4v) is 2.97. The van der Waals surface area contributed by atoms with Crippen LogP contribution in [0.5, 0.6) is 0 Å². The van der Waals surface area contributed by atoms with Gasteiger partial charge in [-0.2, -0.15) is 0 Å². The first kappa shape index (κ1) is 20.8. The van der Waals surface area contributed by atoms with Crippen molar-refractivity contribution in [1.29, 1.82) is 0 Å². The number of hydrogen-bond acceptors (Lipinski definition) is 5. The number of hydrogen-bond donors (Lipinski definition) is 0. The predicted octanol–water partition coefficient (Wildman–Crippen LogP) is 3.07. The lowest BCUT2D eigenvalue weighted by Crippen LogP contribution is -2.35. The number of pyridine rings is 1. The summed E-state index contributed by atoms with van der Waals surface area (Å²) in [4.78, 5) is 6.37. The number of nitrogens with zero attached hydrogens (tertiary/aromatic N) is 3. The minimum atomic E-state index is -4.27. The molecule has 6 nitrogen and oxygen atoms in total. The van der Waals surface area contributed by atoms with E-state index in [1.54, 1.807) is 12.1 Å². The van der Waals surface area contributed by atoms with E-state index in [4.69, 9.17) is 0 Å². The van der Waals surface area contributed by atoms with Gasteiger partial charge in [0, 0.05) is 18.5 Å². The molecule has 2 aromatic rings. The second-order valence-electron chi connectivity index (χ2n) is 6.58. The number of aryl methyl sites for hydroxylation is 2. The minimum Gasteiger partial charge on any atom is -0.744 e. The van der Waals surface area contributed by atoms with Gasteiger partial charge in [-0.1, -0.05) is 17.7 Å². The van der Waals surface area contributed by atoms with Crippen LogP contribution in [0.3, 0.4) is 0 Å². The van der Waals surface area contributed by atoms with Crippen LogP contribution >= 0.6 is 0 Å². The van der Waals surface area contributed by atoms with Crippen LogP contribution in [0.1, 0.15) is 25.1 Å². The zero-order valence-electron chi connectivity index (χ0n) is 16.0. The zero-order valence-corrected chi connectivity index (χ0v) is 16.8. The Balaban J connectivity index is 0.000000208. The van der Waals surface area contributed by atoms with Crippen molar-refractivity contribution in [3.05, 3.63) is 66.1 Å². The molecule has 27 heavy (non-hydrogen) atoms. The molecule has 0 radical (unpaired) electrons. The summed E-state index contributed by atoms with van der Waals surface area (Å²) >= 11 is 0. The van der Waals surface area contributed by atoms with Crippen LogP contribution in [0.15, 0.2) is 59.8 Å².